The van der Waals surface area contributed by atoms with E-state index in [9.17, 15) is 12.8 Å². The van der Waals surface area contributed by atoms with Gasteiger partial charge in [0.25, 0.3) is 0 Å². The minimum absolute atomic E-state index is 0.00132. The topological polar surface area (TPSA) is 72.2 Å². The van der Waals surface area contributed by atoms with Crippen molar-refractivity contribution in [3.05, 3.63) is 58.3 Å². The largest absolute Gasteiger partial charge is 0.399 e. The summed E-state index contributed by atoms with van der Waals surface area (Å²) in [6.45, 7) is 0.00132. The van der Waals surface area contributed by atoms with E-state index in [2.05, 4.69) is 20.7 Å². The van der Waals surface area contributed by atoms with Crippen LogP contribution in [-0.4, -0.2) is 8.42 Å². The molecule has 0 aliphatic carbocycles. The first-order valence-corrected chi connectivity index (χ1v) is 7.95. The van der Waals surface area contributed by atoms with Crippen molar-refractivity contribution >= 4 is 31.6 Å². The number of nitrogens with two attached hydrogens (primary N) is 1. The van der Waals surface area contributed by atoms with Gasteiger partial charge >= 0.3 is 0 Å². The lowest BCUT2D eigenvalue weighted by Crippen LogP contribution is -2.23. The number of nitrogen functional groups attached to an aromatic ring is 1. The molecule has 20 heavy (non-hydrogen) atoms. The highest BCUT2D eigenvalue weighted by Gasteiger charge is 2.17. The molecule has 2 aromatic carbocycles. The molecule has 0 aromatic heterocycles. The van der Waals surface area contributed by atoms with Crippen LogP contribution in [-0.2, 0) is 16.6 Å². The molecule has 2 rings (SSSR count). The van der Waals surface area contributed by atoms with Gasteiger partial charge < -0.3 is 5.73 Å². The van der Waals surface area contributed by atoms with E-state index >= 15 is 0 Å². The first kappa shape index (κ1) is 15.0. The lowest BCUT2D eigenvalue weighted by Gasteiger charge is -2.09. The lowest BCUT2D eigenvalue weighted by atomic mass is 10.2. The van der Waals surface area contributed by atoms with Gasteiger partial charge in [-0.2, -0.15) is 0 Å². The van der Waals surface area contributed by atoms with Crippen LogP contribution in [0.5, 0.6) is 0 Å². The fourth-order valence-electron chi connectivity index (χ4n) is 1.63. The summed E-state index contributed by atoms with van der Waals surface area (Å²) >= 11 is 3.17. The van der Waals surface area contributed by atoms with Crippen LogP contribution in [0.2, 0.25) is 0 Å². The molecule has 0 spiro atoms. The molecular formula is C13H12BrFN2O2S. The maximum Gasteiger partial charge on any atom is 0.242 e. The zero-order valence-electron chi connectivity index (χ0n) is 10.3. The summed E-state index contributed by atoms with van der Waals surface area (Å²) in [6, 6.07) is 10.2. The lowest BCUT2D eigenvalue weighted by molar-refractivity contribution is 0.580. The first-order valence-electron chi connectivity index (χ1n) is 5.67. The van der Waals surface area contributed by atoms with Gasteiger partial charge in [-0.05, 0) is 51.8 Å². The van der Waals surface area contributed by atoms with E-state index in [1.54, 1.807) is 18.2 Å². The summed E-state index contributed by atoms with van der Waals surface area (Å²) in [6.07, 6.45) is 0. The molecule has 106 valence electrons. The second kappa shape index (κ2) is 5.90. The van der Waals surface area contributed by atoms with Gasteiger partial charge in [-0.3, -0.25) is 0 Å². The molecule has 0 saturated carbocycles. The quantitative estimate of drug-likeness (QED) is 0.825. The summed E-state index contributed by atoms with van der Waals surface area (Å²) in [4.78, 5) is 0.0499. The van der Waals surface area contributed by atoms with Gasteiger partial charge in [0, 0.05) is 16.7 Å². The molecule has 0 aliphatic heterocycles. The zero-order chi connectivity index (χ0) is 14.8. The van der Waals surface area contributed by atoms with Gasteiger partial charge in [-0.25, -0.2) is 17.5 Å². The van der Waals surface area contributed by atoms with Crippen LogP contribution in [0.4, 0.5) is 10.1 Å². The molecule has 0 radical (unpaired) electrons. The smallest absolute Gasteiger partial charge is 0.242 e. The van der Waals surface area contributed by atoms with Gasteiger partial charge in [0.05, 0.1) is 4.90 Å². The van der Waals surface area contributed by atoms with Crippen LogP contribution in [0.15, 0.2) is 51.8 Å². The number of benzene rings is 2. The maximum absolute atomic E-state index is 13.0. The molecule has 7 heteroatoms. The Labute approximate surface area is 125 Å². The summed E-state index contributed by atoms with van der Waals surface area (Å²) < 4.78 is 40.2. The Balaban J connectivity index is 2.21. The summed E-state index contributed by atoms with van der Waals surface area (Å²) in [5.74, 6) is -0.410. The Morgan fingerprint density at radius 3 is 2.65 bits per heavy atom. The second-order valence-corrected chi connectivity index (χ2v) is 6.73. The van der Waals surface area contributed by atoms with Crippen LogP contribution in [0.25, 0.3) is 0 Å². The van der Waals surface area contributed by atoms with Crippen LogP contribution >= 0.6 is 15.9 Å². The van der Waals surface area contributed by atoms with Crippen molar-refractivity contribution in [1.82, 2.24) is 4.72 Å². The second-order valence-electron chi connectivity index (χ2n) is 4.14. The number of rotatable bonds is 4. The number of sulfonamides is 1. The monoisotopic (exact) mass is 358 g/mol. The fraction of sp³-hybridized carbons (Fsp3) is 0.0769. The van der Waals surface area contributed by atoms with Crippen molar-refractivity contribution < 1.29 is 12.8 Å². The third-order valence-corrected chi connectivity index (χ3v) is 5.00. The summed E-state index contributed by atoms with van der Waals surface area (Å²) in [5.41, 5.74) is 6.47. The highest BCUT2D eigenvalue weighted by molar-refractivity contribution is 9.10. The molecular weight excluding hydrogens is 347 g/mol. The van der Waals surface area contributed by atoms with Crippen molar-refractivity contribution in [2.75, 3.05) is 5.73 Å². The van der Waals surface area contributed by atoms with E-state index in [1.165, 1.54) is 24.3 Å². The Kier molecular flexibility index (Phi) is 4.42. The molecule has 0 bridgehead atoms. The van der Waals surface area contributed by atoms with Crippen molar-refractivity contribution in [2.24, 2.45) is 0 Å². The van der Waals surface area contributed by atoms with Crippen LogP contribution in [0.1, 0.15) is 5.56 Å². The predicted molar refractivity (Wildman–Crippen MR) is 79.0 cm³/mol. The molecule has 0 amide bonds. The SMILES string of the molecule is Nc1ccc(Br)c(S(=O)(=O)NCc2cccc(F)c2)c1. The molecule has 0 saturated heterocycles. The third kappa shape index (κ3) is 3.56. The number of nitrogens with one attached hydrogen (secondary N) is 1. The highest BCUT2D eigenvalue weighted by Crippen LogP contribution is 2.24. The number of anilines is 1. The van der Waals surface area contributed by atoms with Gasteiger partial charge in [-0.15, -0.1) is 0 Å². The molecule has 3 N–H and O–H groups in total. The van der Waals surface area contributed by atoms with Gasteiger partial charge in [0.1, 0.15) is 5.82 Å². The Morgan fingerprint density at radius 2 is 1.95 bits per heavy atom. The maximum atomic E-state index is 13.0. The Bertz CT molecular complexity index is 735. The van der Waals surface area contributed by atoms with E-state index in [0.717, 1.165) is 0 Å². The van der Waals surface area contributed by atoms with E-state index in [1.807, 2.05) is 0 Å². The minimum atomic E-state index is -3.72. The highest BCUT2D eigenvalue weighted by atomic mass is 79.9. The Morgan fingerprint density at radius 1 is 1.20 bits per heavy atom. The van der Waals surface area contributed by atoms with E-state index < -0.39 is 15.8 Å². The van der Waals surface area contributed by atoms with E-state index in [-0.39, 0.29) is 11.4 Å². The molecule has 2 aromatic rings. The molecule has 4 nitrogen and oxygen atoms in total. The fourth-order valence-corrected chi connectivity index (χ4v) is 3.64. The number of hydrogen-bond donors (Lipinski definition) is 2. The number of hydrogen-bond acceptors (Lipinski definition) is 3. The van der Waals surface area contributed by atoms with Crippen molar-refractivity contribution in [2.45, 2.75) is 11.4 Å². The molecule has 0 heterocycles. The normalized spacial score (nSPS) is 11.5. The zero-order valence-corrected chi connectivity index (χ0v) is 12.7. The standard InChI is InChI=1S/C13H12BrFN2O2S/c14-12-5-4-11(16)7-13(12)20(18,19)17-8-9-2-1-3-10(15)6-9/h1-7,17H,8,16H2. The average molecular weight is 359 g/mol. The van der Waals surface area contributed by atoms with Crippen LogP contribution in [0.3, 0.4) is 0 Å². The Hall–Kier alpha value is -1.44. The molecule has 0 unspecified atom stereocenters. The third-order valence-electron chi connectivity index (χ3n) is 2.60. The van der Waals surface area contributed by atoms with Crippen LogP contribution in [0, 0.1) is 5.82 Å². The van der Waals surface area contributed by atoms with Gasteiger partial charge in [-0.1, -0.05) is 12.1 Å². The minimum Gasteiger partial charge on any atom is -0.399 e. The summed E-state index contributed by atoms with van der Waals surface area (Å²) in [7, 11) is -3.72. The molecule has 0 fully saturated rings. The van der Waals surface area contributed by atoms with E-state index in [0.29, 0.717) is 15.7 Å². The van der Waals surface area contributed by atoms with E-state index in [4.69, 9.17) is 5.73 Å². The molecule has 0 atom stereocenters. The van der Waals surface area contributed by atoms with Crippen LogP contribution < -0.4 is 10.5 Å². The number of halogens is 2. The van der Waals surface area contributed by atoms with Crippen molar-refractivity contribution in [3.63, 3.8) is 0 Å². The predicted octanol–water partition coefficient (Wildman–Crippen LogP) is 2.65. The van der Waals surface area contributed by atoms with Crippen molar-refractivity contribution in [1.29, 1.82) is 0 Å². The summed E-state index contributed by atoms with van der Waals surface area (Å²) in [5, 5.41) is 0. The molecule has 0 aliphatic rings. The van der Waals surface area contributed by atoms with Gasteiger partial charge in [0.2, 0.25) is 10.0 Å². The first-order chi connectivity index (χ1) is 9.38. The van der Waals surface area contributed by atoms with Gasteiger partial charge in [0.15, 0.2) is 0 Å². The average Bonchev–Trinajstić information content (AvgIpc) is 2.39. The van der Waals surface area contributed by atoms with Crippen molar-refractivity contribution in [3.8, 4) is 0 Å².